The number of hydrogen-bond donors (Lipinski definition) is 1. The molecule has 0 fully saturated rings. The van der Waals surface area contributed by atoms with Crippen LogP contribution in [0.4, 0.5) is 5.69 Å². The van der Waals surface area contributed by atoms with Crippen molar-refractivity contribution in [3.8, 4) is 0 Å². The first kappa shape index (κ1) is 14.6. The second-order valence-corrected chi connectivity index (χ2v) is 6.22. The molecule has 5 heteroatoms. The van der Waals surface area contributed by atoms with Gasteiger partial charge < -0.3 is 5.32 Å². The number of benzene rings is 2. The molecular formula is C14H10Br2ClNO. The minimum atomic E-state index is -0.181. The third kappa shape index (κ3) is 3.59. The lowest BCUT2D eigenvalue weighted by molar-refractivity contribution is 0.102. The van der Waals surface area contributed by atoms with E-state index >= 15 is 0 Å². The summed E-state index contributed by atoms with van der Waals surface area (Å²) in [5.74, 6) is -0.181. The molecule has 19 heavy (non-hydrogen) atoms. The second-order valence-electron chi connectivity index (χ2n) is 4.04. The molecule has 98 valence electrons. The summed E-state index contributed by atoms with van der Waals surface area (Å²) >= 11 is 12.7. The van der Waals surface area contributed by atoms with Gasteiger partial charge in [0, 0.05) is 19.7 Å². The maximum absolute atomic E-state index is 12.1. The predicted octanol–water partition coefficient (Wildman–Crippen LogP) is 5.43. The van der Waals surface area contributed by atoms with Gasteiger partial charge in [-0.1, -0.05) is 33.6 Å². The van der Waals surface area contributed by atoms with Crippen molar-refractivity contribution in [1.29, 1.82) is 0 Å². The molecule has 0 aromatic heterocycles. The molecule has 2 aromatic rings. The third-order valence-corrected chi connectivity index (χ3v) is 4.16. The molecule has 0 aliphatic rings. The topological polar surface area (TPSA) is 29.1 Å². The maximum atomic E-state index is 12.1. The fourth-order valence-corrected chi connectivity index (χ4v) is 2.95. The van der Waals surface area contributed by atoms with Gasteiger partial charge in [0.2, 0.25) is 0 Å². The van der Waals surface area contributed by atoms with Crippen LogP contribution in [-0.4, -0.2) is 5.91 Å². The van der Waals surface area contributed by atoms with E-state index in [0.717, 1.165) is 14.5 Å². The molecule has 0 bridgehead atoms. The number of hydrogen-bond acceptors (Lipinski definition) is 1. The summed E-state index contributed by atoms with van der Waals surface area (Å²) in [5, 5.41) is 3.45. The Morgan fingerprint density at radius 1 is 1.16 bits per heavy atom. The molecule has 0 aliphatic heterocycles. The highest BCUT2D eigenvalue weighted by atomic mass is 79.9. The summed E-state index contributed by atoms with van der Waals surface area (Å²) in [6, 6.07) is 10.8. The van der Waals surface area contributed by atoms with E-state index in [1.54, 1.807) is 12.1 Å². The van der Waals surface area contributed by atoms with E-state index in [4.69, 9.17) is 11.6 Å². The molecule has 0 spiro atoms. The summed E-state index contributed by atoms with van der Waals surface area (Å²) in [6.07, 6.45) is 0. The largest absolute Gasteiger partial charge is 0.322 e. The lowest BCUT2D eigenvalue weighted by Gasteiger charge is -2.08. The Balaban J connectivity index is 2.23. The molecular weight excluding hydrogens is 393 g/mol. The monoisotopic (exact) mass is 401 g/mol. The third-order valence-electron chi connectivity index (χ3n) is 2.61. The molecule has 2 nitrogen and oxygen atoms in total. The van der Waals surface area contributed by atoms with Gasteiger partial charge >= 0.3 is 0 Å². The van der Waals surface area contributed by atoms with Crippen LogP contribution in [0.5, 0.6) is 0 Å². The predicted molar refractivity (Wildman–Crippen MR) is 86.0 cm³/mol. The smallest absolute Gasteiger partial charge is 0.256 e. The maximum Gasteiger partial charge on any atom is 0.256 e. The van der Waals surface area contributed by atoms with Crippen molar-refractivity contribution >= 4 is 55.1 Å². The van der Waals surface area contributed by atoms with Crippen LogP contribution in [0, 0.1) is 6.92 Å². The standard InChI is InChI=1S/C14H10Br2ClNO/c1-8-2-4-10(7-13(8)17)18-14(19)11-5-3-9(15)6-12(11)16/h2-7H,1H3,(H,18,19). The number of amides is 1. The molecule has 0 saturated heterocycles. The number of nitrogens with one attached hydrogen (secondary N) is 1. The van der Waals surface area contributed by atoms with Crippen LogP contribution in [-0.2, 0) is 0 Å². The van der Waals surface area contributed by atoms with E-state index in [2.05, 4.69) is 37.2 Å². The van der Waals surface area contributed by atoms with Crippen LogP contribution < -0.4 is 5.32 Å². The minimum Gasteiger partial charge on any atom is -0.322 e. The molecule has 0 saturated carbocycles. The first-order chi connectivity index (χ1) is 8.97. The molecule has 0 unspecified atom stereocenters. The Labute approximate surface area is 133 Å². The van der Waals surface area contributed by atoms with Gasteiger partial charge in [-0.15, -0.1) is 0 Å². The van der Waals surface area contributed by atoms with Crippen molar-refractivity contribution < 1.29 is 4.79 Å². The Morgan fingerprint density at radius 2 is 1.89 bits per heavy atom. The van der Waals surface area contributed by atoms with E-state index in [9.17, 15) is 4.79 Å². The van der Waals surface area contributed by atoms with Gasteiger partial charge in [-0.25, -0.2) is 0 Å². The zero-order chi connectivity index (χ0) is 14.0. The first-order valence-corrected chi connectivity index (χ1v) is 7.46. The highest BCUT2D eigenvalue weighted by Gasteiger charge is 2.11. The number of anilines is 1. The summed E-state index contributed by atoms with van der Waals surface area (Å²) < 4.78 is 1.65. The molecule has 0 atom stereocenters. The normalized spacial score (nSPS) is 10.3. The molecule has 1 N–H and O–H groups in total. The lowest BCUT2D eigenvalue weighted by atomic mass is 10.2. The molecule has 2 aromatic carbocycles. The van der Waals surface area contributed by atoms with E-state index in [1.807, 2.05) is 31.2 Å². The van der Waals surface area contributed by atoms with E-state index < -0.39 is 0 Å². The zero-order valence-electron chi connectivity index (χ0n) is 10.0. The van der Waals surface area contributed by atoms with Crippen molar-refractivity contribution in [3.63, 3.8) is 0 Å². The van der Waals surface area contributed by atoms with Gasteiger partial charge in [-0.05, 0) is 58.7 Å². The van der Waals surface area contributed by atoms with Crippen LogP contribution in [0.1, 0.15) is 15.9 Å². The van der Waals surface area contributed by atoms with E-state index in [1.165, 1.54) is 0 Å². The van der Waals surface area contributed by atoms with Gasteiger partial charge in [0.15, 0.2) is 0 Å². The summed E-state index contributed by atoms with van der Waals surface area (Å²) in [7, 11) is 0. The van der Waals surface area contributed by atoms with E-state index in [0.29, 0.717) is 16.3 Å². The molecule has 0 heterocycles. The van der Waals surface area contributed by atoms with E-state index in [-0.39, 0.29) is 5.91 Å². The van der Waals surface area contributed by atoms with Crippen LogP contribution in [0.15, 0.2) is 45.3 Å². The van der Waals surface area contributed by atoms with Crippen molar-refractivity contribution in [2.24, 2.45) is 0 Å². The van der Waals surface area contributed by atoms with Gasteiger partial charge in [0.05, 0.1) is 5.56 Å². The van der Waals surface area contributed by atoms with Crippen molar-refractivity contribution in [1.82, 2.24) is 0 Å². The highest BCUT2D eigenvalue weighted by molar-refractivity contribution is 9.11. The first-order valence-electron chi connectivity index (χ1n) is 5.50. The van der Waals surface area contributed by atoms with Gasteiger partial charge in [0.1, 0.15) is 0 Å². The number of carbonyl (C=O) groups excluding carboxylic acids is 1. The average molecular weight is 404 g/mol. The Kier molecular flexibility index (Phi) is 4.66. The van der Waals surface area contributed by atoms with Crippen LogP contribution in [0.3, 0.4) is 0 Å². The van der Waals surface area contributed by atoms with Gasteiger partial charge in [-0.3, -0.25) is 4.79 Å². The molecule has 0 aliphatic carbocycles. The van der Waals surface area contributed by atoms with Crippen molar-refractivity contribution in [3.05, 3.63) is 61.5 Å². The number of carbonyl (C=O) groups is 1. The summed E-state index contributed by atoms with van der Waals surface area (Å²) in [4.78, 5) is 12.1. The molecule has 1 amide bonds. The number of aryl methyl sites for hydroxylation is 1. The SMILES string of the molecule is Cc1ccc(NC(=O)c2ccc(Br)cc2Br)cc1Cl. The van der Waals surface area contributed by atoms with Crippen LogP contribution in [0.2, 0.25) is 5.02 Å². The van der Waals surface area contributed by atoms with Crippen LogP contribution in [0.25, 0.3) is 0 Å². The van der Waals surface area contributed by atoms with Gasteiger partial charge in [-0.2, -0.15) is 0 Å². The Morgan fingerprint density at radius 3 is 2.53 bits per heavy atom. The quantitative estimate of drug-likeness (QED) is 0.712. The fraction of sp³-hybridized carbons (Fsp3) is 0.0714. The Bertz CT molecular complexity index is 643. The van der Waals surface area contributed by atoms with Crippen molar-refractivity contribution in [2.45, 2.75) is 6.92 Å². The average Bonchev–Trinajstić information content (AvgIpc) is 2.33. The summed E-state index contributed by atoms with van der Waals surface area (Å²) in [5.41, 5.74) is 2.22. The molecule has 2 rings (SSSR count). The minimum absolute atomic E-state index is 0.181. The molecule has 0 radical (unpaired) electrons. The second kappa shape index (κ2) is 6.07. The zero-order valence-corrected chi connectivity index (χ0v) is 13.9. The Hall–Kier alpha value is -0.840. The fourth-order valence-electron chi connectivity index (χ4n) is 1.54. The number of rotatable bonds is 2. The van der Waals surface area contributed by atoms with Crippen LogP contribution >= 0.6 is 43.5 Å². The number of halogens is 3. The lowest BCUT2D eigenvalue weighted by Crippen LogP contribution is -2.12. The van der Waals surface area contributed by atoms with Gasteiger partial charge in [0.25, 0.3) is 5.91 Å². The highest BCUT2D eigenvalue weighted by Crippen LogP contribution is 2.24. The summed E-state index contributed by atoms with van der Waals surface area (Å²) in [6.45, 7) is 1.92. The van der Waals surface area contributed by atoms with Crippen molar-refractivity contribution in [2.75, 3.05) is 5.32 Å².